The SMILES string of the molecule is [2H]C([2H])([2H])c1nnc2n1-c1ccc(Br)cc1C(c1ccccn1)=NC2. The maximum absolute atomic E-state index is 7.75. The zero-order chi connectivity index (χ0) is 17.6. The van der Waals surface area contributed by atoms with Crippen LogP contribution in [-0.4, -0.2) is 25.5 Å². The van der Waals surface area contributed by atoms with E-state index >= 15 is 0 Å². The zero-order valence-corrected chi connectivity index (χ0v) is 12.9. The van der Waals surface area contributed by atoms with Gasteiger partial charge in [-0.3, -0.25) is 14.5 Å². The first-order valence-electron chi connectivity index (χ1n) is 8.16. The largest absolute Gasteiger partial charge is 0.281 e. The van der Waals surface area contributed by atoms with Gasteiger partial charge in [0.1, 0.15) is 12.4 Å². The second kappa shape index (κ2) is 5.14. The number of hydrogen-bond acceptors (Lipinski definition) is 4. The van der Waals surface area contributed by atoms with Gasteiger partial charge in [-0.2, -0.15) is 0 Å². The molecule has 0 amide bonds. The van der Waals surface area contributed by atoms with E-state index in [1.54, 1.807) is 10.8 Å². The molecular formula is C16H12BrN5. The van der Waals surface area contributed by atoms with Crippen LogP contribution in [0.3, 0.4) is 0 Å². The number of hydrogen-bond donors (Lipinski definition) is 0. The monoisotopic (exact) mass is 356 g/mol. The van der Waals surface area contributed by atoms with E-state index in [9.17, 15) is 0 Å². The van der Waals surface area contributed by atoms with Crippen LogP contribution in [0.2, 0.25) is 0 Å². The highest BCUT2D eigenvalue weighted by molar-refractivity contribution is 9.10. The second-order valence-corrected chi connectivity index (χ2v) is 5.73. The van der Waals surface area contributed by atoms with Gasteiger partial charge in [0.2, 0.25) is 0 Å². The van der Waals surface area contributed by atoms with Crippen molar-refractivity contribution in [3.05, 3.63) is 70.0 Å². The summed E-state index contributed by atoms with van der Waals surface area (Å²) in [6.45, 7) is -2.15. The first kappa shape index (κ1) is 10.4. The number of aliphatic imine (C=N–C) groups is 1. The maximum Gasteiger partial charge on any atom is 0.159 e. The minimum atomic E-state index is -2.37. The average molecular weight is 357 g/mol. The van der Waals surface area contributed by atoms with Crippen LogP contribution in [-0.2, 0) is 6.54 Å². The molecule has 0 saturated carbocycles. The molecule has 0 bridgehead atoms. The van der Waals surface area contributed by atoms with E-state index in [1.165, 1.54) is 0 Å². The second-order valence-electron chi connectivity index (χ2n) is 4.82. The van der Waals surface area contributed by atoms with Crippen molar-refractivity contribution < 1.29 is 4.11 Å². The van der Waals surface area contributed by atoms with Crippen molar-refractivity contribution in [2.45, 2.75) is 13.4 Å². The first-order valence-corrected chi connectivity index (χ1v) is 7.45. The fourth-order valence-electron chi connectivity index (χ4n) is 2.52. The molecule has 3 heterocycles. The van der Waals surface area contributed by atoms with Gasteiger partial charge in [-0.15, -0.1) is 10.2 Å². The molecule has 22 heavy (non-hydrogen) atoms. The van der Waals surface area contributed by atoms with Crippen LogP contribution in [0.5, 0.6) is 0 Å². The van der Waals surface area contributed by atoms with Gasteiger partial charge in [0, 0.05) is 20.3 Å². The number of halogens is 1. The van der Waals surface area contributed by atoms with E-state index in [4.69, 9.17) is 4.11 Å². The summed E-state index contributed by atoms with van der Waals surface area (Å²) >= 11 is 3.48. The fraction of sp³-hybridized carbons (Fsp3) is 0.125. The lowest BCUT2D eigenvalue weighted by molar-refractivity contribution is 0.861. The summed E-state index contributed by atoms with van der Waals surface area (Å²) < 4.78 is 25.7. The van der Waals surface area contributed by atoms with Gasteiger partial charge in [-0.05, 0) is 37.2 Å². The third-order valence-electron chi connectivity index (χ3n) is 3.47. The molecular weight excluding hydrogens is 342 g/mol. The molecule has 1 aromatic carbocycles. The summed E-state index contributed by atoms with van der Waals surface area (Å²) in [5.41, 5.74) is 2.86. The molecule has 3 aromatic rings. The van der Waals surface area contributed by atoms with Crippen LogP contribution in [0.25, 0.3) is 5.69 Å². The van der Waals surface area contributed by atoms with E-state index in [0.29, 0.717) is 17.2 Å². The molecule has 0 N–H and O–H groups in total. The molecule has 0 unspecified atom stereocenters. The molecule has 0 saturated heterocycles. The van der Waals surface area contributed by atoms with Crippen LogP contribution < -0.4 is 0 Å². The topological polar surface area (TPSA) is 56.0 Å². The Bertz CT molecular complexity index is 979. The highest BCUT2D eigenvalue weighted by Crippen LogP contribution is 2.27. The minimum absolute atomic E-state index is 0.0662. The van der Waals surface area contributed by atoms with E-state index in [0.717, 1.165) is 15.7 Å². The highest BCUT2D eigenvalue weighted by Gasteiger charge is 2.22. The standard InChI is InChI=1S/C16H12BrN5/c1-10-20-21-15-9-19-16(13-4-2-3-7-18-13)12-8-11(17)5-6-14(12)22(10)15/h2-8H,9H2,1H3/i1D3. The van der Waals surface area contributed by atoms with Crippen LogP contribution in [0, 0.1) is 6.85 Å². The third kappa shape index (κ3) is 2.07. The number of nitrogens with zero attached hydrogens (tertiary/aromatic N) is 5. The Morgan fingerprint density at radius 3 is 3.00 bits per heavy atom. The minimum Gasteiger partial charge on any atom is -0.281 e. The van der Waals surface area contributed by atoms with Gasteiger partial charge >= 0.3 is 0 Å². The molecule has 108 valence electrons. The molecule has 0 atom stereocenters. The number of aromatic nitrogens is 4. The molecule has 0 radical (unpaired) electrons. The Labute approximate surface area is 140 Å². The Balaban J connectivity index is 2.00. The Morgan fingerprint density at radius 2 is 2.18 bits per heavy atom. The van der Waals surface area contributed by atoms with Gasteiger partial charge in [0.25, 0.3) is 0 Å². The highest BCUT2D eigenvalue weighted by atomic mass is 79.9. The van der Waals surface area contributed by atoms with Crippen LogP contribution in [0.15, 0.2) is 52.1 Å². The molecule has 1 aliphatic heterocycles. The fourth-order valence-corrected chi connectivity index (χ4v) is 2.88. The lowest BCUT2D eigenvalue weighted by Crippen LogP contribution is -2.09. The summed E-state index contributed by atoms with van der Waals surface area (Å²) in [5.74, 6) is 0.421. The van der Waals surface area contributed by atoms with Crippen LogP contribution in [0.1, 0.15) is 27.0 Å². The normalized spacial score (nSPS) is 15.7. The summed E-state index contributed by atoms with van der Waals surface area (Å²) in [6.07, 6.45) is 1.70. The summed E-state index contributed by atoms with van der Waals surface area (Å²) in [4.78, 5) is 9.03. The lowest BCUT2D eigenvalue weighted by atomic mass is 10.0. The third-order valence-corrected chi connectivity index (χ3v) is 3.96. The molecule has 0 aliphatic carbocycles. The summed E-state index contributed by atoms with van der Waals surface area (Å²) in [5, 5.41) is 7.93. The summed E-state index contributed by atoms with van der Waals surface area (Å²) in [6, 6.07) is 11.2. The summed E-state index contributed by atoms with van der Waals surface area (Å²) in [7, 11) is 0. The Kier molecular flexibility index (Phi) is 2.43. The van der Waals surface area contributed by atoms with Crippen molar-refractivity contribution in [1.82, 2.24) is 19.7 Å². The molecule has 5 nitrogen and oxygen atoms in total. The Hall–Kier alpha value is -2.34. The van der Waals surface area contributed by atoms with Crippen molar-refractivity contribution >= 4 is 21.6 Å². The quantitative estimate of drug-likeness (QED) is 0.673. The molecule has 0 fully saturated rings. The van der Waals surface area contributed by atoms with Crippen molar-refractivity contribution in [1.29, 1.82) is 0 Å². The lowest BCUT2D eigenvalue weighted by Gasteiger charge is -2.12. The van der Waals surface area contributed by atoms with Gasteiger partial charge in [-0.25, -0.2) is 0 Å². The predicted molar refractivity (Wildman–Crippen MR) is 87.4 cm³/mol. The number of fused-ring (bicyclic) bond motifs is 3. The van der Waals surface area contributed by atoms with Crippen LogP contribution >= 0.6 is 15.9 Å². The maximum atomic E-state index is 7.75. The van der Waals surface area contributed by atoms with E-state index < -0.39 is 6.85 Å². The molecule has 1 aliphatic rings. The predicted octanol–water partition coefficient (Wildman–Crippen LogP) is 3.08. The zero-order valence-electron chi connectivity index (χ0n) is 14.4. The smallest absolute Gasteiger partial charge is 0.159 e. The number of aryl methyl sites for hydroxylation is 1. The van der Waals surface area contributed by atoms with Gasteiger partial charge in [0.15, 0.2) is 5.82 Å². The van der Waals surface area contributed by atoms with E-state index in [-0.39, 0.29) is 12.4 Å². The Morgan fingerprint density at radius 1 is 1.23 bits per heavy atom. The number of benzene rings is 1. The average Bonchev–Trinajstić information content (AvgIpc) is 2.94. The first-order chi connectivity index (χ1) is 11.9. The van der Waals surface area contributed by atoms with Crippen molar-refractivity contribution in [3.63, 3.8) is 0 Å². The van der Waals surface area contributed by atoms with Crippen molar-refractivity contribution in [3.8, 4) is 5.69 Å². The number of rotatable bonds is 1. The molecule has 0 spiro atoms. The van der Waals surface area contributed by atoms with E-state index in [1.807, 2.05) is 36.4 Å². The van der Waals surface area contributed by atoms with E-state index in [2.05, 4.69) is 36.1 Å². The van der Waals surface area contributed by atoms with Crippen molar-refractivity contribution in [2.75, 3.05) is 0 Å². The van der Waals surface area contributed by atoms with Crippen molar-refractivity contribution in [2.24, 2.45) is 4.99 Å². The molecule has 2 aromatic heterocycles. The van der Waals surface area contributed by atoms with Gasteiger partial charge in [-0.1, -0.05) is 22.0 Å². The van der Waals surface area contributed by atoms with Gasteiger partial charge < -0.3 is 0 Å². The van der Waals surface area contributed by atoms with Gasteiger partial charge in [0.05, 0.1) is 17.1 Å². The number of pyridine rings is 1. The van der Waals surface area contributed by atoms with Crippen LogP contribution in [0.4, 0.5) is 0 Å². The molecule has 4 rings (SSSR count). The molecule has 6 heteroatoms.